The molecule has 0 atom stereocenters. The summed E-state index contributed by atoms with van der Waals surface area (Å²) in [5.41, 5.74) is 2.86. The first kappa shape index (κ1) is 23.9. The second-order valence-corrected chi connectivity index (χ2v) is 8.74. The number of halogens is 1. The number of methoxy groups -OCH3 is 1. The van der Waals surface area contributed by atoms with Crippen molar-refractivity contribution in [3.63, 3.8) is 0 Å². The molecule has 3 heterocycles. The number of imide groups is 1. The number of carbonyl (C=O) groups excluding carboxylic acids is 2. The van der Waals surface area contributed by atoms with E-state index in [0.717, 1.165) is 20.7 Å². The number of hydrogen-bond acceptors (Lipinski definition) is 5. The Kier molecular flexibility index (Phi) is 5.83. The quantitative estimate of drug-likeness (QED) is 0.311. The second-order valence-electron chi connectivity index (χ2n) is 8.74. The molecule has 0 saturated heterocycles. The van der Waals surface area contributed by atoms with Crippen molar-refractivity contribution in [2.45, 2.75) is 20.8 Å². The topological polar surface area (TPSA) is 91.4 Å². The largest absolute Gasteiger partial charge is 0.858 e. The van der Waals surface area contributed by atoms with Gasteiger partial charge in [0.05, 0.1) is 24.2 Å². The molecule has 2 aromatic heterocycles. The van der Waals surface area contributed by atoms with Crippen LogP contribution < -0.4 is 19.3 Å². The van der Waals surface area contributed by atoms with E-state index >= 15 is 0 Å². The minimum absolute atomic E-state index is 0.0133. The monoisotopic (exact) mass is 498 g/mol. The van der Waals surface area contributed by atoms with Crippen molar-refractivity contribution in [3.05, 3.63) is 95.2 Å². The molecule has 5 rings (SSSR count). The third kappa shape index (κ3) is 3.94. The van der Waals surface area contributed by atoms with Gasteiger partial charge in [0.1, 0.15) is 17.1 Å². The van der Waals surface area contributed by atoms with Gasteiger partial charge in [-0.15, -0.1) is 0 Å². The number of hydrogen-bond donors (Lipinski definition) is 0. The molecule has 0 N–H and O–H groups in total. The Balaban J connectivity index is 1.73. The molecule has 37 heavy (non-hydrogen) atoms. The molecular formula is C28H23FN4O4. The highest BCUT2D eigenvalue weighted by molar-refractivity contribution is 6.53. The van der Waals surface area contributed by atoms with E-state index in [2.05, 4.69) is 5.10 Å². The highest BCUT2D eigenvalue weighted by Crippen LogP contribution is 2.38. The van der Waals surface area contributed by atoms with Crippen molar-refractivity contribution in [1.29, 1.82) is 0 Å². The highest BCUT2D eigenvalue weighted by Gasteiger charge is 2.47. The minimum Gasteiger partial charge on any atom is -0.858 e. The predicted octanol–water partition coefficient (Wildman–Crippen LogP) is 3.25. The zero-order chi connectivity index (χ0) is 26.4. The van der Waals surface area contributed by atoms with E-state index < -0.39 is 23.5 Å². The normalized spacial score (nSPS) is 13.6. The van der Waals surface area contributed by atoms with Crippen molar-refractivity contribution in [1.82, 2.24) is 9.78 Å². The van der Waals surface area contributed by atoms with Gasteiger partial charge in [0.25, 0.3) is 11.6 Å². The molecule has 0 fully saturated rings. The lowest BCUT2D eigenvalue weighted by Gasteiger charge is -2.16. The summed E-state index contributed by atoms with van der Waals surface area (Å²) in [4.78, 5) is 28.7. The van der Waals surface area contributed by atoms with E-state index in [1.54, 1.807) is 48.1 Å². The predicted molar refractivity (Wildman–Crippen MR) is 132 cm³/mol. The van der Waals surface area contributed by atoms with Crippen molar-refractivity contribution < 1.29 is 28.4 Å². The summed E-state index contributed by atoms with van der Waals surface area (Å²) in [7, 11) is 1.52. The van der Waals surface area contributed by atoms with Gasteiger partial charge in [-0.2, -0.15) is 9.67 Å². The van der Waals surface area contributed by atoms with Gasteiger partial charge in [-0.05, 0) is 80.7 Å². The highest BCUT2D eigenvalue weighted by atomic mass is 19.1. The van der Waals surface area contributed by atoms with Gasteiger partial charge in [0.15, 0.2) is 12.4 Å². The van der Waals surface area contributed by atoms with Crippen LogP contribution in [0.4, 0.5) is 10.1 Å². The summed E-state index contributed by atoms with van der Waals surface area (Å²) in [5.74, 6) is -1.69. The summed E-state index contributed by atoms with van der Waals surface area (Å²) in [6, 6.07) is 13.6. The van der Waals surface area contributed by atoms with Crippen LogP contribution in [0.2, 0.25) is 0 Å². The zero-order valence-corrected chi connectivity index (χ0v) is 20.7. The van der Waals surface area contributed by atoms with Crippen LogP contribution in [0.1, 0.15) is 22.4 Å². The lowest BCUT2D eigenvalue weighted by molar-refractivity contribution is -0.577. The van der Waals surface area contributed by atoms with Crippen LogP contribution in [0.25, 0.3) is 17.0 Å². The van der Waals surface area contributed by atoms with Crippen LogP contribution in [0, 0.1) is 26.6 Å². The van der Waals surface area contributed by atoms with Crippen molar-refractivity contribution >= 4 is 28.8 Å². The Morgan fingerprint density at radius 2 is 1.54 bits per heavy atom. The van der Waals surface area contributed by atoms with Gasteiger partial charge < -0.3 is 9.84 Å². The number of carbonyl (C=O) groups is 2. The fourth-order valence-corrected chi connectivity index (χ4v) is 4.32. The molecule has 8 nitrogen and oxygen atoms in total. The summed E-state index contributed by atoms with van der Waals surface area (Å²) in [6.07, 6.45) is 3.43. The Hall–Kier alpha value is -4.79. The Labute approximate surface area is 212 Å². The van der Waals surface area contributed by atoms with Crippen LogP contribution in [-0.2, 0) is 9.59 Å². The molecule has 0 unspecified atom stereocenters. The fraction of sp³-hybridized carbons (Fsp3) is 0.143. The van der Waals surface area contributed by atoms with Gasteiger partial charge in [0, 0.05) is 17.2 Å². The van der Waals surface area contributed by atoms with E-state index in [-0.39, 0.29) is 22.5 Å². The van der Waals surface area contributed by atoms with Crippen molar-refractivity contribution in [2.75, 3.05) is 12.0 Å². The van der Waals surface area contributed by atoms with Crippen LogP contribution in [0.3, 0.4) is 0 Å². The first-order valence-electron chi connectivity index (χ1n) is 11.5. The van der Waals surface area contributed by atoms with Gasteiger partial charge in [-0.25, -0.2) is 14.0 Å². The zero-order valence-electron chi connectivity index (χ0n) is 20.7. The van der Waals surface area contributed by atoms with E-state index in [1.807, 2.05) is 19.9 Å². The molecule has 1 aliphatic rings. The van der Waals surface area contributed by atoms with E-state index in [0.29, 0.717) is 17.1 Å². The summed E-state index contributed by atoms with van der Waals surface area (Å²) < 4.78 is 21.3. The minimum atomic E-state index is -0.644. The molecule has 1 aliphatic heterocycles. The lowest BCUT2D eigenvalue weighted by Crippen LogP contribution is -2.40. The average molecular weight is 499 g/mol. The Bertz CT molecular complexity index is 1590. The first-order chi connectivity index (χ1) is 17.7. The smallest absolute Gasteiger partial charge is 0.331 e. The van der Waals surface area contributed by atoms with Crippen LogP contribution >= 0.6 is 0 Å². The van der Waals surface area contributed by atoms with E-state index in [9.17, 15) is 19.1 Å². The number of amides is 2. The molecule has 0 aliphatic carbocycles. The number of nitrogens with zero attached hydrogens (tertiary/aromatic N) is 4. The maximum atomic E-state index is 13.9. The number of aromatic nitrogens is 3. The molecule has 0 saturated carbocycles. The number of anilines is 1. The average Bonchev–Trinajstić information content (AvgIpc) is 3.32. The van der Waals surface area contributed by atoms with Crippen LogP contribution in [0.5, 0.6) is 11.6 Å². The molecule has 186 valence electrons. The maximum Gasteiger partial charge on any atom is 0.331 e. The Morgan fingerprint density at radius 1 is 0.892 bits per heavy atom. The third-order valence-corrected chi connectivity index (χ3v) is 6.43. The van der Waals surface area contributed by atoms with Gasteiger partial charge in [0.2, 0.25) is 0 Å². The first-order valence-corrected chi connectivity index (χ1v) is 11.5. The second kappa shape index (κ2) is 9.02. The fourth-order valence-electron chi connectivity index (χ4n) is 4.32. The number of benzene rings is 2. The van der Waals surface area contributed by atoms with Gasteiger partial charge >= 0.3 is 5.91 Å². The molecule has 9 heteroatoms. The molecule has 0 spiro atoms. The number of pyridine rings is 1. The summed E-state index contributed by atoms with van der Waals surface area (Å²) in [5, 5.41) is 17.9. The molecular weight excluding hydrogens is 475 g/mol. The third-order valence-electron chi connectivity index (χ3n) is 6.43. The van der Waals surface area contributed by atoms with Crippen LogP contribution in [-0.4, -0.2) is 28.7 Å². The number of ether oxygens (including phenoxy) is 1. The van der Waals surface area contributed by atoms with Gasteiger partial charge in [-0.1, -0.05) is 0 Å². The Morgan fingerprint density at radius 3 is 2.16 bits per heavy atom. The van der Waals surface area contributed by atoms with Crippen molar-refractivity contribution in [3.8, 4) is 17.3 Å². The number of rotatable bonds is 5. The van der Waals surface area contributed by atoms with Gasteiger partial charge in [-0.3, -0.25) is 9.59 Å². The summed E-state index contributed by atoms with van der Waals surface area (Å²) in [6.45, 7) is 5.43. The lowest BCUT2D eigenvalue weighted by atomic mass is 10.0. The summed E-state index contributed by atoms with van der Waals surface area (Å²) >= 11 is 0. The van der Waals surface area contributed by atoms with E-state index in [1.165, 1.54) is 31.4 Å². The van der Waals surface area contributed by atoms with Crippen molar-refractivity contribution in [2.24, 2.45) is 0 Å². The standard InChI is InChI=1S/C28H23FN4O4/c1-16-13-14-31(15-17(16)2)25-24(26(34)32(28(25)36)20-9-11-22(37-4)12-10-20)23-18(3)30-33(27(23)35)21-7-5-19(29)6-8-21/h5-15H,1-4H3. The van der Waals surface area contributed by atoms with Crippen LogP contribution in [0.15, 0.2) is 67.0 Å². The molecule has 4 aromatic rings. The molecule has 0 radical (unpaired) electrons. The number of aryl methyl sites for hydroxylation is 3. The maximum absolute atomic E-state index is 13.9. The molecule has 2 amide bonds. The molecule has 0 bridgehead atoms. The molecule has 2 aromatic carbocycles. The SMILES string of the molecule is COc1ccc(N2C(=O)C(c3c(C)nn(-c4ccc(F)cc4)c3[O-])=C([n+]3ccc(C)c(C)c3)C2=O)cc1. The van der Waals surface area contributed by atoms with E-state index in [4.69, 9.17) is 4.74 Å².